The van der Waals surface area contributed by atoms with Crippen LogP contribution in [0.3, 0.4) is 0 Å². The molecule has 0 radical (unpaired) electrons. The summed E-state index contributed by atoms with van der Waals surface area (Å²) >= 11 is 0. The molecule has 0 aliphatic heterocycles. The van der Waals surface area contributed by atoms with E-state index in [2.05, 4.69) is 6.92 Å². The van der Waals surface area contributed by atoms with Crippen LogP contribution in [0.15, 0.2) is 30.3 Å². The molecule has 2 heteroatoms. The Morgan fingerprint density at radius 3 is 2.50 bits per heavy atom. The molecule has 1 nitrogen and oxygen atoms in total. The summed E-state index contributed by atoms with van der Waals surface area (Å²) in [5.74, 6) is -0.247. The lowest BCUT2D eigenvalue weighted by Gasteiger charge is -2.06. The lowest BCUT2D eigenvalue weighted by Crippen LogP contribution is -1.87. The number of aldehydes is 1. The number of rotatable bonds is 6. The summed E-state index contributed by atoms with van der Waals surface area (Å²) in [6, 6.07) is 6.29. The highest BCUT2D eigenvalue weighted by molar-refractivity contribution is 5.81. The Morgan fingerprint density at radius 2 is 1.94 bits per heavy atom. The van der Waals surface area contributed by atoms with Gasteiger partial charge in [-0.05, 0) is 42.2 Å². The lowest BCUT2D eigenvalue weighted by atomic mass is 9.99. The molecule has 0 spiro atoms. The van der Waals surface area contributed by atoms with Crippen molar-refractivity contribution in [1.29, 1.82) is 0 Å². The molecule has 0 atom stereocenters. The van der Waals surface area contributed by atoms with Crippen LogP contribution in [0.1, 0.15) is 38.2 Å². The Balaban J connectivity index is 2.73. The van der Waals surface area contributed by atoms with Crippen LogP contribution >= 0.6 is 0 Å². The number of unbranched alkanes of at least 4 members (excludes halogenated alkanes) is 2. The predicted octanol–water partition coefficient (Wildman–Crippen LogP) is 3.99. The number of carbonyl (C=O) groups excluding carboxylic acids is 1. The molecule has 16 heavy (non-hydrogen) atoms. The van der Waals surface area contributed by atoms with Gasteiger partial charge in [0.25, 0.3) is 0 Å². The van der Waals surface area contributed by atoms with Crippen LogP contribution in [0, 0.1) is 5.82 Å². The maximum atomic E-state index is 12.8. The van der Waals surface area contributed by atoms with Crippen LogP contribution in [0.25, 0.3) is 5.57 Å². The summed E-state index contributed by atoms with van der Waals surface area (Å²) in [4.78, 5) is 10.5. The van der Waals surface area contributed by atoms with Gasteiger partial charge in [0, 0.05) is 0 Å². The van der Waals surface area contributed by atoms with E-state index >= 15 is 0 Å². The van der Waals surface area contributed by atoms with Crippen molar-refractivity contribution in [3.63, 3.8) is 0 Å². The van der Waals surface area contributed by atoms with Gasteiger partial charge in [0.15, 0.2) is 0 Å². The largest absolute Gasteiger partial charge is 0.299 e. The molecule has 0 aliphatic rings. The van der Waals surface area contributed by atoms with E-state index < -0.39 is 0 Å². The van der Waals surface area contributed by atoms with Crippen molar-refractivity contribution in [2.24, 2.45) is 0 Å². The van der Waals surface area contributed by atoms with Crippen LogP contribution in [-0.4, -0.2) is 6.29 Å². The van der Waals surface area contributed by atoms with Crippen LogP contribution < -0.4 is 0 Å². The van der Waals surface area contributed by atoms with Crippen molar-refractivity contribution < 1.29 is 9.18 Å². The van der Waals surface area contributed by atoms with Gasteiger partial charge in [-0.1, -0.05) is 31.9 Å². The maximum absolute atomic E-state index is 12.8. The number of halogens is 1. The van der Waals surface area contributed by atoms with E-state index in [4.69, 9.17) is 0 Å². The first-order valence-electron chi connectivity index (χ1n) is 5.68. The number of hydrogen-bond donors (Lipinski definition) is 0. The summed E-state index contributed by atoms with van der Waals surface area (Å²) < 4.78 is 12.8. The lowest BCUT2D eigenvalue weighted by molar-refractivity contribution is -0.104. The normalized spacial score (nSPS) is 11.5. The number of benzene rings is 1. The van der Waals surface area contributed by atoms with E-state index in [9.17, 15) is 9.18 Å². The molecule has 0 aliphatic carbocycles. The smallest absolute Gasteiger partial charge is 0.143 e. The van der Waals surface area contributed by atoms with E-state index in [0.29, 0.717) is 0 Å². The minimum atomic E-state index is -0.247. The second kappa shape index (κ2) is 6.94. The van der Waals surface area contributed by atoms with Crippen molar-refractivity contribution in [2.75, 3.05) is 0 Å². The summed E-state index contributed by atoms with van der Waals surface area (Å²) in [5, 5.41) is 0. The fourth-order valence-electron chi connectivity index (χ4n) is 1.64. The molecular weight excluding hydrogens is 203 g/mol. The van der Waals surface area contributed by atoms with Gasteiger partial charge in [-0.25, -0.2) is 4.39 Å². The number of hydrogen-bond acceptors (Lipinski definition) is 1. The van der Waals surface area contributed by atoms with E-state index in [-0.39, 0.29) is 5.82 Å². The van der Waals surface area contributed by atoms with Crippen LogP contribution in [0.5, 0.6) is 0 Å². The van der Waals surface area contributed by atoms with E-state index in [1.165, 1.54) is 12.1 Å². The summed E-state index contributed by atoms with van der Waals surface area (Å²) in [6.45, 7) is 2.14. The van der Waals surface area contributed by atoms with Gasteiger partial charge < -0.3 is 0 Å². The second-order valence-electron chi connectivity index (χ2n) is 3.79. The quantitative estimate of drug-likeness (QED) is 0.402. The van der Waals surface area contributed by atoms with Crippen LogP contribution in [0.4, 0.5) is 4.39 Å². The Labute approximate surface area is 96.0 Å². The fraction of sp³-hybridized carbons (Fsp3) is 0.357. The Kier molecular flexibility index (Phi) is 5.48. The monoisotopic (exact) mass is 220 g/mol. The predicted molar refractivity (Wildman–Crippen MR) is 64.6 cm³/mol. The zero-order valence-electron chi connectivity index (χ0n) is 9.58. The zero-order chi connectivity index (χ0) is 11.8. The summed E-state index contributed by atoms with van der Waals surface area (Å²) in [5.41, 5.74) is 1.92. The van der Waals surface area contributed by atoms with Crippen LogP contribution in [0.2, 0.25) is 0 Å². The highest BCUT2D eigenvalue weighted by Crippen LogP contribution is 2.21. The number of allylic oxidation sites excluding steroid dienone is 2. The molecule has 86 valence electrons. The number of carbonyl (C=O) groups is 1. The summed E-state index contributed by atoms with van der Waals surface area (Å²) in [7, 11) is 0. The molecule has 0 saturated carbocycles. The third-order valence-corrected chi connectivity index (χ3v) is 2.53. The first-order valence-corrected chi connectivity index (χ1v) is 5.68. The van der Waals surface area contributed by atoms with Gasteiger partial charge >= 0.3 is 0 Å². The van der Waals surface area contributed by atoms with Crippen LogP contribution in [-0.2, 0) is 4.79 Å². The molecule has 0 bridgehead atoms. The van der Waals surface area contributed by atoms with Crippen molar-refractivity contribution in [3.05, 3.63) is 41.7 Å². The summed E-state index contributed by atoms with van der Waals surface area (Å²) in [6.07, 6.45) is 6.61. The molecule has 0 fully saturated rings. The van der Waals surface area contributed by atoms with E-state index in [1.54, 1.807) is 18.2 Å². The van der Waals surface area contributed by atoms with Gasteiger partial charge in [-0.2, -0.15) is 0 Å². The Bertz CT molecular complexity index is 352. The van der Waals surface area contributed by atoms with Gasteiger partial charge in [-0.15, -0.1) is 0 Å². The standard InChI is InChI=1S/C14H17FO/c1-2-3-4-5-12(10-11-16)13-6-8-14(15)9-7-13/h6-11H,2-5H2,1H3/b12-10+. The molecule has 1 aromatic rings. The second-order valence-corrected chi connectivity index (χ2v) is 3.79. The molecule has 1 rings (SSSR count). The van der Waals surface area contributed by atoms with Gasteiger partial charge in [-0.3, -0.25) is 4.79 Å². The fourth-order valence-corrected chi connectivity index (χ4v) is 1.64. The average molecular weight is 220 g/mol. The van der Waals surface area contributed by atoms with Crippen molar-refractivity contribution in [1.82, 2.24) is 0 Å². The molecule has 0 unspecified atom stereocenters. The van der Waals surface area contributed by atoms with Crippen molar-refractivity contribution in [3.8, 4) is 0 Å². The zero-order valence-corrected chi connectivity index (χ0v) is 9.58. The molecule has 0 saturated heterocycles. The molecule has 0 amide bonds. The molecule has 1 aromatic carbocycles. The molecule has 0 heterocycles. The first kappa shape index (κ1) is 12.6. The third kappa shape index (κ3) is 3.97. The third-order valence-electron chi connectivity index (χ3n) is 2.53. The van der Waals surface area contributed by atoms with Crippen molar-refractivity contribution >= 4 is 11.9 Å². The highest BCUT2D eigenvalue weighted by atomic mass is 19.1. The minimum absolute atomic E-state index is 0.247. The van der Waals surface area contributed by atoms with Crippen molar-refractivity contribution in [2.45, 2.75) is 32.6 Å². The molecular formula is C14H17FO. The molecule has 0 N–H and O–H groups in total. The maximum Gasteiger partial charge on any atom is 0.143 e. The SMILES string of the molecule is CCCCC/C(=C\C=O)c1ccc(F)cc1. The Hall–Kier alpha value is -1.44. The topological polar surface area (TPSA) is 17.1 Å². The van der Waals surface area contributed by atoms with Gasteiger partial charge in [0.1, 0.15) is 12.1 Å². The average Bonchev–Trinajstić information content (AvgIpc) is 2.29. The van der Waals surface area contributed by atoms with Gasteiger partial charge in [0.05, 0.1) is 0 Å². The van der Waals surface area contributed by atoms with E-state index in [1.807, 2.05) is 0 Å². The molecule has 0 aromatic heterocycles. The first-order chi connectivity index (χ1) is 7.77. The van der Waals surface area contributed by atoms with E-state index in [0.717, 1.165) is 43.1 Å². The minimum Gasteiger partial charge on any atom is -0.299 e. The van der Waals surface area contributed by atoms with Gasteiger partial charge in [0.2, 0.25) is 0 Å². The highest BCUT2D eigenvalue weighted by Gasteiger charge is 2.01. The Morgan fingerprint density at radius 1 is 1.25 bits per heavy atom.